The van der Waals surface area contributed by atoms with Gasteiger partial charge in [-0.15, -0.1) is 11.8 Å². The molecule has 1 aliphatic rings. The van der Waals surface area contributed by atoms with Crippen LogP contribution in [0.25, 0.3) is 0 Å². The molecule has 0 radical (unpaired) electrons. The Hall–Kier alpha value is -1.49. The molecule has 4 nitrogen and oxygen atoms in total. The average molecular weight is 293 g/mol. The van der Waals surface area contributed by atoms with Gasteiger partial charge >= 0.3 is 5.97 Å². The lowest BCUT2D eigenvalue weighted by atomic mass is 10.2. The van der Waals surface area contributed by atoms with Crippen molar-refractivity contribution in [3.63, 3.8) is 0 Å². The minimum Gasteiger partial charge on any atom is -0.480 e. The minimum absolute atomic E-state index is 0.0245. The fourth-order valence-electron chi connectivity index (χ4n) is 2.40. The van der Waals surface area contributed by atoms with Crippen LogP contribution < -0.4 is 0 Å². The van der Waals surface area contributed by atoms with E-state index < -0.39 is 12.0 Å². The molecule has 1 aromatic rings. The van der Waals surface area contributed by atoms with Crippen LogP contribution in [0, 0.1) is 0 Å². The summed E-state index contributed by atoms with van der Waals surface area (Å²) in [4.78, 5) is 25.8. The first kappa shape index (κ1) is 14.9. The van der Waals surface area contributed by atoms with E-state index in [0.29, 0.717) is 19.4 Å². The largest absolute Gasteiger partial charge is 0.480 e. The number of benzene rings is 1. The number of amides is 1. The molecule has 108 valence electrons. The summed E-state index contributed by atoms with van der Waals surface area (Å²) in [6.45, 7) is 0.585. The standard InChI is InChI=1S/C15H19NO3S/c17-14(16-10-4-8-13(16)15(18)19)9-5-11-20-12-6-2-1-3-7-12/h1-3,6-7,13H,4-5,8-11H2,(H,18,19). The van der Waals surface area contributed by atoms with Crippen molar-refractivity contribution in [2.75, 3.05) is 12.3 Å². The van der Waals surface area contributed by atoms with Crippen LogP contribution in [0.2, 0.25) is 0 Å². The van der Waals surface area contributed by atoms with Crippen LogP contribution in [0.15, 0.2) is 35.2 Å². The summed E-state index contributed by atoms with van der Waals surface area (Å²) in [5, 5.41) is 9.05. The SMILES string of the molecule is O=C(O)C1CCCN1C(=O)CCCSc1ccccc1. The predicted octanol–water partition coefficient (Wildman–Crippen LogP) is 2.63. The summed E-state index contributed by atoms with van der Waals surface area (Å²) in [5.74, 6) is -0.0282. The smallest absolute Gasteiger partial charge is 0.326 e. The van der Waals surface area contributed by atoms with Crippen molar-refractivity contribution in [1.29, 1.82) is 0 Å². The van der Waals surface area contributed by atoms with E-state index in [1.54, 1.807) is 11.8 Å². The Labute approximate surface area is 123 Å². The Balaban J connectivity index is 1.71. The summed E-state index contributed by atoms with van der Waals surface area (Å²) < 4.78 is 0. The van der Waals surface area contributed by atoms with Crippen molar-refractivity contribution in [1.82, 2.24) is 4.90 Å². The molecule has 1 unspecified atom stereocenters. The molecule has 1 atom stereocenters. The third kappa shape index (κ3) is 4.00. The lowest BCUT2D eigenvalue weighted by molar-refractivity contribution is -0.148. The molecule has 1 heterocycles. The first-order valence-corrected chi connectivity index (χ1v) is 7.87. The Kier molecular flexibility index (Phi) is 5.47. The molecule has 0 bridgehead atoms. The quantitative estimate of drug-likeness (QED) is 0.647. The van der Waals surface area contributed by atoms with E-state index in [1.165, 1.54) is 9.80 Å². The zero-order chi connectivity index (χ0) is 14.4. The van der Waals surface area contributed by atoms with E-state index in [9.17, 15) is 9.59 Å². The minimum atomic E-state index is -0.880. The van der Waals surface area contributed by atoms with Gasteiger partial charge in [0.05, 0.1) is 0 Å². The lowest BCUT2D eigenvalue weighted by Gasteiger charge is -2.21. The molecule has 1 N–H and O–H groups in total. The van der Waals surface area contributed by atoms with Crippen LogP contribution in [0.1, 0.15) is 25.7 Å². The number of carbonyl (C=O) groups is 2. The zero-order valence-electron chi connectivity index (χ0n) is 11.3. The van der Waals surface area contributed by atoms with Crippen LogP contribution in [0.4, 0.5) is 0 Å². The molecule has 20 heavy (non-hydrogen) atoms. The maximum absolute atomic E-state index is 12.0. The molecular formula is C15H19NO3S. The highest BCUT2D eigenvalue weighted by molar-refractivity contribution is 7.99. The van der Waals surface area contributed by atoms with Gasteiger partial charge in [0.15, 0.2) is 0 Å². The normalized spacial score (nSPS) is 18.2. The summed E-state index contributed by atoms with van der Waals surface area (Å²) in [7, 11) is 0. The van der Waals surface area contributed by atoms with Crippen LogP contribution in [-0.2, 0) is 9.59 Å². The Morgan fingerprint density at radius 3 is 2.75 bits per heavy atom. The fraction of sp³-hybridized carbons (Fsp3) is 0.467. The number of likely N-dealkylation sites (tertiary alicyclic amines) is 1. The Morgan fingerprint density at radius 1 is 1.30 bits per heavy atom. The average Bonchev–Trinajstić information content (AvgIpc) is 2.94. The molecule has 0 saturated carbocycles. The molecule has 0 spiro atoms. The third-order valence-corrected chi connectivity index (χ3v) is 4.50. The monoisotopic (exact) mass is 293 g/mol. The highest BCUT2D eigenvalue weighted by atomic mass is 32.2. The molecular weight excluding hydrogens is 274 g/mol. The lowest BCUT2D eigenvalue weighted by Crippen LogP contribution is -2.40. The van der Waals surface area contributed by atoms with Gasteiger partial charge < -0.3 is 10.0 Å². The van der Waals surface area contributed by atoms with Crippen molar-refractivity contribution in [3.05, 3.63) is 30.3 Å². The van der Waals surface area contributed by atoms with E-state index in [-0.39, 0.29) is 5.91 Å². The molecule has 1 aliphatic heterocycles. The number of carboxylic acid groups (broad SMARTS) is 1. The highest BCUT2D eigenvalue weighted by Gasteiger charge is 2.33. The predicted molar refractivity (Wildman–Crippen MR) is 78.8 cm³/mol. The van der Waals surface area contributed by atoms with Crippen molar-refractivity contribution < 1.29 is 14.7 Å². The summed E-state index contributed by atoms with van der Waals surface area (Å²) in [5.41, 5.74) is 0. The van der Waals surface area contributed by atoms with Gasteiger partial charge in [0, 0.05) is 17.9 Å². The zero-order valence-corrected chi connectivity index (χ0v) is 12.1. The molecule has 1 aromatic carbocycles. The first-order valence-electron chi connectivity index (χ1n) is 6.88. The van der Waals surface area contributed by atoms with E-state index in [2.05, 4.69) is 0 Å². The van der Waals surface area contributed by atoms with Gasteiger partial charge in [-0.25, -0.2) is 4.79 Å². The van der Waals surface area contributed by atoms with Crippen LogP contribution in [-0.4, -0.2) is 40.2 Å². The fourth-order valence-corrected chi connectivity index (χ4v) is 3.27. The number of carbonyl (C=O) groups excluding carboxylic acids is 1. The second-order valence-corrected chi connectivity index (χ2v) is 6.02. The van der Waals surface area contributed by atoms with Crippen LogP contribution >= 0.6 is 11.8 Å². The highest BCUT2D eigenvalue weighted by Crippen LogP contribution is 2.21. The van der Waals surface area contributed by atoms with Crippen LogP contribution in [0.5, 0.6) is 0 Å². The molecule has 1 saturated heterocycles. The van der Waals surface area contributed by atoms with Crippen molar-refractivity contribution >= 4 is 23.6 Å². The number of nitrogens with zero attached hydrogens (tertiary/aromatic N) is 1. The molecule has 1 fully saturated rings. The maximum Gasteiger partial charge on any atom is 0.326 e. The van der Waals surface area contributed by atoms with Gasteiger partial charge in [-0.1, -0.05) is 18.2 Å². The number of hydrogen-bond acceptors (Lipinski definition) is 3. The molecule has 0 aliphatic carbocycles. The van der Waals surface area contributed by atoms with Gasteiger partial charge in [0.1, 0.15) is 6.04 Å². The first-order chi connectivity index (χ1) is 9.68. The Bertz CT molecular complexity index is 463. The van der Waals surface area contributed by atoms with Crippen molar-refractivity contribution in [2.45, 2.75) is 36.6 Å². The molecule has 2 rings (SSSR count). The Morgan fingerprint density at radius 2 is 2.05 bits per heavy atom. The van der Waals surface area contributed by atoms with Crippen molar-refractivity contribution in [2.24, 2.45) is 0 Å². The molecule has 0 aromatic heterocycles. The third-order valence-electron chi connectivity index (χ3n) is 3.41. The number of rotatable bonds is 6. The topological polar surface area (TPSA) is 57.6 Å². The van der Waals surface area contributed by atoms with E-state index in [4.69, 9.17) is 5.11 Å². The van der Waals surface area contributed by atoms with Gasteiger partial charge in [-0.2, -0.15) is 0 Å². The molecule has 1 amide bonds. The van der Waals surface area contributed by atoms with Crippen LogP contribution in [0.3, 0.4) is 0 Å². The second kappa shape index (κ2) is 7.33. The number of hydrogen-bond donors (Lipinski definition) is 1. The van der Waals surface area contributed by atoms with Gasteiger partial charge in [0.25, 0.3) is 0 Å². The van der Waals surface area contributed by atoms with Crippen molar-refractivity contribution in [3.8, 4) is 0 Å². The molecule has 5 heteroatoms. The van der Waals surface area contributed by atoms with E-state index in [1.807, 2.05) is 30.3 Å². The van der Waals surface area contributed by atoms with E-state index in [0.717, 1.165) is 18.6 Å². The number of thioether (sulfide) groups is 1. The second-order valence-electron chi connectivity index (χ2n) is 4.85. The summed E-state index contributed by atoms with van der Waals surface area (Å²) >= 11 is 1.72. The van der Waals surface area contributed by atoms with Gasteiger partial charge in [-0.3, -0.25) is 4.79 Å². The summed E-state index contributed by atoms with van der Waals surface area (Å²) in [6.07, 6.45) is 2.59. The number of carboxylic acids is 1. The van der Waals surface area contributed by atoms with Gasteiger partial charge in [0.2, 0.25) is 5.91 Å². The van der Waals surface area contributed by atoms with E-state index >= 15 is 0 Å². The summed E-state index contributed by atoms with van der Waals surface area (Å²) in [6, 6.07) is 9.46. The maximum atomic E-state index is 12.0. The van der Waals surface area contributed by atoms with Gasteiger partial charge in [-0.05, 0) is 37.1 Å². The number of aliphatic carboxylic acids is 1.